The van der Waals surface area contributed by atoms with E-state index in [0.717, 1.165) is 5.56 Å². The monoisotopic (exact) mass is 418 g/mol. The molecular formula is C22H15ClN4O3. The molecule has 8 heteroatoms. The van der Waals surface area contributed by atoms with Crippen molar-refractivity contribution in [1.82, 2.24) is 9.97 Å². The standard InChI is InChI=1S/C22H15ClN4O3/c1-13-18(3-2-4-21(13)27(29)30)26-22(28)17-12-20(14-7-9-24-10-8-14)25-19-6-5-15(23)11-16(17)19/h2-12H,1H3,(H,26,28). The first-order chi connectivity index (χ1) is 14.4. The number of anilines is 1. The largest absolute Gasteiger partial charge is 0.321 e. The second-order valence-electron chi connectivity index (χ2n) is 6.61. The van der Waals surface area contributed by atoms with Gasteiger partial charge in [0.15, 0.2) is 0 Å². The number of hydrogen-bond donors (Lipinski definition) is 1. The van der Waals surface area contributed by atoms with E-state index in [9.17, 15) is 14.9 Å². The van der Waals surface area contributed by atoms with Gasteiger partial charge in [-0.05, 0) is 49.4 Å². The number of amides is 1. The molecule has 0 bridgehead atoms. The quantitative estimate of drug-likeness (QED) is 0.352. The molecule has 4 aromatic rings. The highest BCUT2D eigenvalue weighted by Crippen LogP contribution is 2.29. The molecule has 1 amide bonds. The van der Waals surface area contributed by atoms with E-state index in [0.29, 0.717) is 38.4 Å². The zero-order valence-corrected chi connectivity index (χ0v) is 16.6. The van der Waals surface area contributed by atoms with Crippen LogP contribution in [0.5, 0.6) is 0 Å². The molecule has 0 saturated carbocycles. The minimum Gasteiger partial charge on any atom is -0.321 e. The van der Waals surface area contributed by atoms with Crippen molar-refractivity contribution < 1.29 is 9.72 Å². The molecule has 0 aliphatic carbocycles. The molecule has 0 saturated heterocycles. The molecule has 30 heavy (non-hydrogen) atoms. The van der Waals surface area contributed by atoms with Crippen LogP contribution in [-0.2, 0) is 0 Å². The SMILES string of the molecule is Cc1c(NC(=O)c2cc(-c3ccncc3)nc3ccc(Cl)cc23)cccc1[N+](=O)[O-]. The molecule has 0 radical (unpaired) electrons. The van der Waals surface area contributed by atoms with Gasteiger partial charge in [0.1, 0.15) is 0 Å². The average molecular weight is 419 g/mol. The van der Waals surface area contributed by atoms with E-state index < -0.39 is 10.8 Å². The fraction of sp³-hybridized carbons (Fsp3) is 0.0455. The van der Waals surface area contributed by atoms with Crippen LogP contribution in [0.2, 0.25) is 5.02 Å². The highest BCUT2D eigenvalue weighted by molar-refractivity contribution is 6.31. The number of carbonyl (C=O) groups excluding carboxylic acids is 1. The van der Waals surface area contributed by atoms with Gasteiger partial charge in [0.2, 0.25) is 0 Å². The van der Waals surface area contributed by atoms with Gasteiger partial charge in [-0.3, -0.25) is 19.9 Å². The van der Waals surface area contributed by atoms with E-state index in [1.807, 2.05) is 0 Å². The minimum atomic E-state index is -0.478. The molecule has 148 valence electrons. The second kappa shape index (κ2) is 7.88. The summed E-state index contributed by atoms with van der Waals surface area (Å²) in [6.45, 7) is 1.59. The zero-order chi connectivity index (χ0) is 21.3. The lowest BCUT2D eigenvalue weighted by atomic mass is 10.0. The molecule has 7 nitrogen and oxygen atoms in total. The summed E-state index contributed by atoms with van der Waals surface area (Å²) in [4.78, 5) is 32.6. The molecule has 0 aliphatic heterocycles. The molecule has 0 unspecified atom stereocenters. The van der Waals surface area contributed by atoms with Crippen LogP contribution in [0.3, 0.4) is 0 Å². The lowest BCUT2D eigenvalue weighted by Gasteiger charge is -2.12. The normalized spacial score (nSPS) is 10.7. The van der Waals surface area contributed by atoms with Crippen molar-refractivity contribution in [3.05, 3.63) is 93.3 Å². The third-order valence-corrected chi connectivity index (χ3v) is 4.98. The van der Waals surface area contributed by atoms with Crippen LogP contribution in [0, 0.1) is 17.0 Å². The molecule has 4 rings (SSSR count). The van der Waals surface area contributed by atoms with E-state index in [4.69, 9.17) is 11.6 Å². The first-order valence-corrected chi connectivity index (χ1v) is 9.38. The fourth-order valence-corrected chi connectivity index (χ4v) is 3.37. The van der Waals surface area contributed by atoms with Crippen LogP contribution in [0.25, 0.3) is 22.2 Å². The summed E-state index contributed by atoms with van der Waals surface area (Å²) >= 11 is 6.15. The lowest BCUT2D eigenvalue weighted by molar-refractivity contribution is -0.385. The van der Waals surface area contributed by atoms with Crippen LogP contribution in [0.4, 0.5) is 11.4 Å². The van der Waals surface area contributed by atoms with E-state index in [1.165, 1.54) is 12.1 Å². The van der Waals surface area contributed by atoms with E-state index in [2.05, 4.69) is 15.3 Å². The molecule has 2 heterocycles. The molecule has 1 N–H and O–H groups in total. The van der Waals surface area contributed by atoms with Crippen molar-refractivity contribution in [1.29, 1.82) is 0 Å². The fourth-order valence-electron chi connectivity index (χ4n) is 3.20. The Morgan fingerprint density at radius 1 is 1.10 bits per heavy atom. The molecule has 0 aliphatic rings. The lowest BCUT2D eigenvalue weighted by Crippen LogP contribution is -2.14. The molecule has 0 atom stereocenters. The molecule has 0 fully saturated rings. The minimum absolute atomic E-state index is 0.0621. The van der Waals surface area contributed by atoms with Gasteiger partial charge in [-0.2, -0.15) is 0 Å². The van der Waals surface area contributed by atoms with Gasteiger partial charge in [0.25, 0.3) is 11.6 Å². The topological polar surface area (TPSA) is 98.0 Å². The first-order valence-electron chi connectivity index (χ1n) is 9.00. The number of halogens is 1. The van der Waals surface area contributed by atoms with E-state index in [1.54, 1.807) is 61.8 Å². The number of aromatic nitrogens is 2. The van der Waals surface area contributed by atoms with Crippen molar-refractivity contribution in [2.75, 3.05) is 5.32 Å². The maximum atomic E-state index is 13.2. The van der Waals surface area contributed by atoms with Crippen LogP contribution in [0.1, 0.15) is 15.9 Å². The number of nitro groups is 1. The number of fused-ring (bicyclic) bond motifs is 1. The summed E-state index contributed by atoms with van der Waals surface area (Å²) in [5.41, 5.74) is 3.06. The number of hydrogen-bond acceptors (Lipinski definition) is 5. The number of nitro benzene ring substituents is 1. The van der Waals surface area contributed by atoms with Crippen molar-refractivity contribution in [2.45, 2.75) is 6.92 Å². The third-order valence-electron chi connectivity index (χ3n) is 4.74. The smallest absolute Gasteiger partial charge is 0.274 e. The van der Waals surface area contributed by atoms with Gasteiger partial charge in [-0.25, -0.2) is 4.98 Å². The zero-order valence-electron chi connectivity index (χ0n) is 15.8. The molecular weight excluding hydrogens is 404 g/mol. The summed E-state index contributed by atoms with van der Waals surface area (Å²) in [6, 6.07) is 15.0. The third kappa shape index (κ3) is 3.70. The predicted octanol–water partition coefficient (Wildman–Crippen LogP) is 5.42. The Hall–Kier alpha value is -3.84. The van der Waals surface area contributed by atoms with Gasteiger partial charge in [-0.1, -0.05) is 17.7 Å². The van der Waals surface area contributed by atoms with Crippen molar-refractivity contribution in [2.24, 2.45) is 0 Å². The van der Waals surface area contributed by atoms with Gasteiger partial charge >= 0.3 is 0 Å². The number of pyridine rings is 2. The average Bonchev–Trinajstić information content (AvgIpc) is 2.74. The summed E-state index contributed by atoms with van der Waals surface area (Å²) in [5.74, 6) is -0.413. The Morgan fingerprint density at radius 2 is 1.87 bits per heavy atom. The number of nitrogens with one attached hydrogen (secondary N) is 1. The predicted molar refractivity (Wildman–Crippen MR) is 116 cm³/mol. The van der Waals surface area contributed by atoms with Crippen LogP contribution in [0.15, 0.2) is 67.0 Å². The number of benzene rings is 2. The highest BCUT2D eigenvalue weighted by atomic mass is 35.5. The van der Waals surface area contributed by atoms with Crippen molar-refractivity contribution in [3.63, 3.8) is 0 Å². The Labute approximate surface area is 176 Å². The summed E-state index contributed by atoms with van der Waals surface area (Å²) in [5, 5.41) is 15.1. The summed E-state index contributed by atoms with van der Waals surface area (Å²) < 4.78 is 0. The van der Waals surface area contributed by atoms with E-state index in [-0.39, 0.29) is 5.69 Å². The molecule has 2 aromatic heterocycles. The number of rotatable bonds is 4. The highest BCUT2D eigenvalue weighted by Gasteiger charge is 2.18. The van der Waals surface area contributed by atoms with Crippen LogP contribution >= 0.6 is 11.6 Å². The van der Waals surface area contributed by atoms with E-state index >= 15 is 0 Å². The maximum absolute atomic E-state index is 13.2. The van der Waals surface area contributed by atoms with Crippen molar-refractivity contribution >= 4 is 39.8 Å². The Kier molecular flexibility index (Phi) is 5.12. The van der Waals surface area contributed by atoms with Gasteiger partial charge in [0.05, 0.1) is 32.9 Å². The number of nitrogens with zero attached hydrogens (tertiary/aromatic N) is 3. The summed E-state index contributed by atoms with van der Waals surface area (Å²) in [7, 11) is 0. The molecule has 0 spiro atoms. The van der Waals surface area contributed by atoms with Crippen LogP contribution in [-0.4, -0.2) is 20.8 Å². The van der Waals surface area contributed by atoms with Crippen LogP contribution < -0.4 is 5.32 Å². The second-order valence-corrected chi connectivity index (χ2v) is 7.05. The number of carbonyl (C=O) groups is 1. The maximum Gasteiger partial charge on any atom is 0.274 e. The van der Waals surface area contributed by atoms with Gasteiger partial charge in [-0.15, -0.1) is 0 Å². The Bertz CT molecular complexity index is 1290. The first kappa shape index (κ1) is 19.5. The van der Waals surface area contributed by atoms with Gasteiger partial charge < -0.3 is 5.32 Å². The Balaban J connectivity index is 1.83. The Morgan fingerprint density at radius 3 is 2.60 bits per heavy atom. The van der Waals surface area contributed by atoms with Crippen molar-refractivity contribution in [3.8, 4) is 11.3 Å². The summed E-state index contributed by atoms with van der Waals surface area (Å²) in [6.07, 6.45) is 3.30. The van der Waals surface area contributed by atoms with Gasteiger partial charge in [0, 0.05) is 34.4 Å². The molecule has 2 aromatic carbocycles.